The Kier molecular flexibility index (Phi) is 10.1. The summed E-state index contributed by atoms with van der Waals surface area (Å²) in [7, 11) is 0.643. The van der Waals surface area contributed by atoms with Crippen molar-refractivity contribution >= 4 is 24.7 Å². The quantitative estimate of drug-likeness (QED) is 0.644. The highest BCUT2D eigenvalue weighted by atomic mass is 35.5. The minimum absolute atomic E-state index is 0.145. The van der Waals surface area contributed by atoms with Crippen LogP contribution in [0.25, 0.3) is 0 Å². The van der Waals surface area contributed by atoms with Crippen LogP contribution in [0.15, 0.2) is 24.3 Å². The number of carbonyl (C=O) groups is 1. The Morgan fingerprint density at radius 2 is 1.92 bits per heavy atom. The summed E-state index contributed by atoms with van der Waals surface area (Å²) in [4.78, 5) is 12.9. The van der Waals surface area contributed by atoms with E-state index in [1.54, 1.807) is 0 Å². The molecular weight excluding hydrogens is 340 g/mol. The molecule has 0 saturated carbocycles. The molecule has 0 amide bonds. The maximum atomic E-state index is 10.9. The average molecular weight is 370 g/mol. The van der Waals surface area contributed by atoms with E-state index in [4.69, 9.17) is 26.8 Å². The van der Waals surface area contributed by atoms with Gasteiger partial charge in [0, 0.05) is 18.1 Å². The van der Waals surface area contributed by atoms with Gasteiger partial charge in [-0.15, -0.1) is 0 Å². The molecule has 0 spiro atoms. The minimum atomic E-state index is -1.27. The molecule has 25 heavy (non-hydrogen) atoms. The number of hydrogen-bond donors (Lipinski definition) is 3. The second-order valence-electron chi connectivity index (χ2n) is 6.71. The third-order valence-corrected chi connectivity index (χ3v) is 4.68. The molecule has 2 atom stereocenters. The summed E-state index contributed by atoms with van der Waals surface area (Å²) >= 11 is 5.71. The summed E-state index contributed by atoms with van der Waals surface area (Å²) in [5, 5.41) is 27.2. The molecule has 1 aromatic rings. The fourth-order valence-corrected chi connectivity index (χ4v) is 3.29. The first-order chi connectivity index (χ1) is 11.8. The van der Waals surface area contributed by atoms with E-state index in [0.29, 0.717) is 19.3 Å². The van der Waals surface area contributed by atoms with Crippen LogP contribution in [-0.4, -0.2) is 53.3 Å². The number of hydrogen-bond acceptors (Lipinski definition) is 4. The van der Waals surface area contributed by atoms with Gasteiger partial charge in [-0.3, -0.25) is 4.79 Å². The van der Waals surface area contributed by atoms with E-state index in [1.807, 2.05) is 24.1 Å². The zero-order valence-corrected chi connectivity index (χ0v) is 15.8. The topological polar surface area (TPSA) is 81.0 Å². The van der Waals surface area contributed by atoms with Crippen LogP contribution in [0.1, 0.15) is 31.7 Å². The molecule has 1 aliphatic rings. The number of carboxylic acids is 1. The lowest BCUT2D eigenvalue weighted by Crippen LogP contribution is -2.22. The molecule has 1 aromatic carbocycles. The number of aliphatic carboxylic acids is 1. The number of nitrogens with zero attached hydrogens (tertiary/aromatic N) is 1. The maximum absolute atomic E-state index is 10.9. The van der Waals surface area contributed by atoms with Crippen LogP contribution in [-0.2, 0) is 11.2 Å². The van der Waals surface area contributed by atoms with Crippen molar-refractivity contribution in [1.82, 2.24) is 4.90 Å². The van der Waals surface area contributed by atoms with Crippen LogP contribution in [0.5, 0.6) is 0 Å². The van der Waals surface area contributed by atoms with E-state index in [1.165, 1.54) is 12.0 Å². The van der Waals surface area contributed by atoms with Crippen molar-refractivity contribution in [2.75, 3.05) is 20.1 Å². The Morgan fingerprint density at radius 1 is 1.28 bits per heavy atom. The standard InChI is InChI=1S/C9H18BNO4.C9H11Cl/c1-11-5-7(3-2-4-10(14)15)8(6-11)9(12)13;1-2-3-8-4-6-9(10)7-5-8/h7-8,14-15H,2-6H2,1H3,(H,12,13);4-7H,2-3H2,1H3. The predicted molar refractivity (Wildman–Crippen MR) is 102 cm³/mol. The van der Waals surface area contributed by atoms with Crippen LogP contribution in [0.4, 0.5) is 0 Å². The van der Waals surface area contributed by atoms with E-state index in [9.17, 15) is 4.79 Å². The summed E-state index contributed by atoms with van der Waals surface area (Å²) in [5.41, 5.74) is 1.37. The molecule has 0 aliphatic carbocycles. The third kappa shape index (κ3) is 8.72. The van der Waals surface area contributed by atoms with Gasteiger partial charge in [0.25, 0.3) is 0 Å². The summed E-state index contributed by atoms with van der Waals surface area (Å²) in [6, 6.07) is 8.02. The van der Waals surface area contributed by atoms with Gasteiger partial charge in [0.1, 0.15) is 0 Å². The summed E-state index contributed by atoms with van der Waals surface area (Å²) < 4.78 is 0. The van der Waals surface area contributed by atoms with Gasteiger partial charge in [-0.1, -0.05) is 43.5 Å². The lowest BCUT2D eigenvalue weighted by atomic mass is 9.80. The average Bonchev–Trinajstić information content (AvgIpc) is 2.91. The first kappa shape index (κ1) is 22.0. The zero-order valence-electron chi connectivity index (χ0n) is 15.1. The minimum Gasteiger partial charge on any atom is -0.481 e. The van der Waals surface area contributed by atoms with E-state index >= 15 is 0 Å². The van der Waals surface area contributed by atoms with Crippen molar-refractivity contribution in [3.05, 3.63) is 34.9 Å². The first-order valence-corrected chi connectivity index (χ1v) is 9.23. The van der Waals surface area contributed by atoms with Crippen LogP contribution in [0.2, 0.25) is 11.3 Å². The van der Waals surface area contributed by atoms with E-state index in [2.05, 4.69) is 19.1 Å². The summed E-state index contributed by atoms with van der Waals surface area (Å²) in [6.07, 6.45) is 4.09. The van der Waals surface area contributed by atoms with Gasteiger partial charge in [-0.25, -0.2) is 0 Å². The van der Waals surface area contributed by atoms with Crippen LogP contribution < -0.4 is 0 Å². The number of likely N-dealkylation sites (tertiary alicyclic amines) is 1. The Labute approximate surface area is 155 Å². The molecule has 1 heterocycles. The van der Waals surface area contributed by atoms with Gasteiger partial charge in [-0.2, -0.15) is 0 Å². The number of benzene rings is 1. The largest absolute Gasteiger partial charge is 0.481 e. The number of aryl methyl sites for hydroxylation is 1. The smallest absolute Gasteiger partial charge is 0.451 e. The van der Waals surface area contributed by atoms with Crippen molar-refractivity contribution in [3.63, 3.8) is 0 Å². The highest BCUT2D eigenvalue weighted by molar-refractivity contribution is 6.40. The molecule has 1 saturated heterocycles. The Hall–Kier alpha value is -1.08. The summed E-state index contributed by atoms with van der Waals surface area (Å²) in [5.74, 6) is -0.897. The summed E-state index contributed by atoms with van der Waals surface area (Å²) in [6.45, 7) is 3.56. The van der Waals surface area contributed by atoms with Crippen LogP contribution in [0.3, 0.4) is 0 Å². The van der Waals surface area contributed by atoms with Crippen LogP contribution in [0, 0.1) is 11.8 Å². The SMILES string of the molecule is CCCc1ccc(Cl)cc1.CN1CC(CCCB(O)O)C(C(=O)O)C1. The van der Waals surface area contributed by atoms with Crippen molar-refractivity contribution in [2.45, 2.75) is 38.9 Å². The molecule has 1 aliphatic heterocycles. The fourth-order valence-electron chi connectivity index (χ4n) is 3.16. The molecule has 0 radical (unpaired) electrons. The van der Waals surface area contributed by atoms with Gasteiger partial charge in [0.15, 0.2) is 0 Å². The Bertz CT molecular complexity index is 512. The first-order valence-electron chi connectivity index (χ1n) is 8.85. The lowest BCUT2D eigenvalue weighted by molar-refractivity contribution is -0.142. The van der Waals surface area contributed by atoms with Crippen molar-refractivity contribution < 1.29 is 19.9 Å². The van der Waals surface area contributed by atoms with Crippen molar-refractivity contribution in [2.24, 2.45) is 11.8 Å². The monoisotopic (exact) mass is 369 g/mol. The fraction of sp³-hybridized carbons (Fsp3) is 0.611. The van der Waals surface area contributed by atoms with E-state index < -0.39 is 13.1 Å². The highest BCUT2D eigenvalue weighted by Crippen LogP contribution is 2.27. The van der Waals surface area contributed by atoms with Gasteiger partial charge < -0.3 is 20.1 Å². The molecule has 3 N–H and O–H groups in total. The molecule has 2 unspecified atom stereocenters. The molecule has 0 bridgehead atoms. The molecule has 5 nitrogen and oxygen atoms in total. The molecule has 140 valence electrons. The number of rotatable bonds is 7. The Morgan fingerprint density at radius 3 is 2.44 bits per heavy atom. The van der Waals surface area contributed by atoms with Gasteiger partial charge in [0.2, 0.25) is 0 Å². The molecule has 1 fully saturated rings. The van der Waals surface area contributed by atoms with E-state index in [0.717, 1.165) is 24.4 Å². The van der Waals surface area contributed by atoms with Crippen LogP contribution >= 0.6 is 11.6 Å². The number of carboxylic acid groups (broad SMARTS) is 1. The Balaban J connectivity index is 0.000000271. The maximum Gasteiger partial charge on any atom is 0.451 e. The lowest BCUT2D eigenvalue weighted by Gasteiger charge is -2.13. The molecular formula is C18H29BClNO4. The molecule has 0 aromatic heterocycles. The second-order valence-corrected chi connectivity index (χ2v) is 7.15. The zero-order chi connectivity index (χ0) is 18.8. The second kappa shape index (κ2) is 11.5. The third-order valence-electron chi connectivity index (χ3n) is 4.43. The van der Waals surface area contributed by atoms with Gasteiger partial charge in [-0.05, 0) is 49.8 Å². The van der Waals surface area contributed by atoms with Crippen molar-refractivity contribution in [3.8, 4) is 0 Å². The normalized spacial score (nSPS) is 20.0. The number of halogens is 1. The van der Waals surface area contributed by atoms with E-state index in [-0.39, 0.29) is 11.8 Å². The van der Waals surface area contributed by atoms with Gasteiger partial charge >= 0.3 is 13.1 Å². The molecule has 7 heteroatoms. The highest BCUT2D eigenvalue weighted by Gasteiger charge is 2.35. The van der Waals surface area contributed by atoms with Gasteiger partial charge in [0.05, 0.1) is 5.92 Å². The van der Waals surface area contributed by atoms with Crippen molar-refractivity contribution in [1.29, 1.82) is 0 Å². The molecule has 2 rings (SSSR count). The predicted octanol–water partition coefficient (Wildman–Crippen LogP) is 2.79.